The van der Waals surface area contributed by atoms with Crippen LogP contribution in [-0.4, -0.2) is 33.1 Å². The van der Waals surface area contributed by atoms with Gasteiger partial charge in [-0.2, -0.15) is 0 Å². The summed E-state index contributed by atoms with van der Waals surface area (Å²) in [6.07, 6.45) is 0. The van der Waals surface area contributed by atoms with Gasteiger partial charge in [0, 0.05) is 19.8 Å². The van der Waals surface area contributed by atoms with Crippen molar-refractivity contribution in [1.29, 1.82) is 0 Å². The predicted molar refractivity (Wildman–Crippen MR) is 56.6 cm³/mol. The molecule has 1 aromatic rings. The number of rotatable bonds is 5. The molecule has 1 rings (SSSR count). The summed E-state index contributed by atoms with van der Waals surface area (Å²) in [5.74, 6) is -0.345. The third-order valence-electron chi connectivity index (χ3n) is 1.97. The van der Waals surface area contributed by atoms with Gasteiger partial charge in [0.25, 0.3) is 0 Å². The van der Waals surface area contributed by atoms with Crippen LogP contribution >= 0.6 is 0 Å². The Balaban J connectivity index is 2.60. The van der Waals surface area contributed by atoms with Crippen LogP contribution in [0.5, 0.6) is 0 Å². The van der Waals surface area contributed by atoms with E-state index in [4.69, 9.17) is 4.74 Å². The molecular weight excluding hydrogens is 197 g/mol. The highest BCUT2D eigenvalue weighted by Gasteiger charge is 2.07. The summed E-state index contributed by atoms with van der Waals surface area (Å²) < 4.78 is 17.6. The van der Waals surface area contributed by atoms with Gasteiger partial charge in [-0.15, -0.1) is 0 Å². The van der Waals surface area contributed by atoms with Gasteiger partial charge in [-0.25, -0.2) is 4.39 Å². The lowest BCUT2D eigenvalue weighted by Gasteiger charge is -2.18. The van der Waals surface area contributed by atoms with Crippen LogP contribution in [0.4, 0.5) is 10.1 Å². The first-order chi connectivity index (χ1) is 7.13. The second kappa shape index (κ2) is 5.46. The maximum atomic E-state index is 12.9. The molecule has 0 heterocycles. The van der Waals surface area contributed by atoms with Gasteiger partial charge in [-0.3, -0.25) is 4.79 Å². The monoisotopic (exact) mass is 211 g/mol. The summed E-state index contributed by atoms with van der Waals surface area (Å²) in [5.41, 5.74) is 0.680. The summed E-state index contributed by atoms with van der Waals surface area (Å²) in [5, 5.41) is 0. The number of methoxy groups -OCH3 is 1. The fraction of sp³-hybridized carbons (Fsp3) is 0.364. The quantitative estimate of drug-likeness (QED) is 0.738. The van der Waals surface area contributed by atoms with Crippen LogP contribution < -0.4 is 4.90 Å². The lowest BCUT2D eigenvalue weighted by atomic mass is 10.2. The third kappa shape index (κ3) is 3.67. The first-order valence-corrected chi connectivity index (χ1v) is 4.61. The normalized spacial score (nSPS) is 10.1. The number of likely N-dealkylation sites (N-methyl/N-ethyl adjacent to an activating group) is 1. The first kappa shape index (κ1) is 11.7. The number of carbonyl (C=O) groups excluding carboxylic acids is 1. The number of halogens is 1. The van der Waals surface area contributed by atoms with Crippen LogP contribution in [0, 0.1) is 5.82 Å². The molecule has 0 amide bonds. The minimum Gasteiger partial charge on any atom is -0.377 e. The van der Waals surface area contributed by atoms with Crippen molar-refractivity contribution >= 4 is 11.5 Å². The molecule has 0 aliphatic carbocycles. The number of carbonyl (C=O) groups is 1. The van der Waals surface area contributed by atoms with Crippen molar-refractivity contribution in [2.45, 2.75) is 0 Å². The fourth-order valence-corrected chi connectivity index (χ4v) is 1.28. The summed E-state index contributed by atoms with van der Waals surface area (Å²) in [4.78, 5) is 12.9. The minimum atomic E-state index is -0.307. The molecule has 0 saturated carbocycles. The Morgan fingerprint density at radius 2 is 2.27 bits per heavy atom. The number of hydrogen-bond donors (Lipinski definition) is 0. The molecule has 0 aliphatic heterocycles. The average Bonchev–Trinajstić information content (AvgIpc) is 2.18. The Labute approximate surface area is 88.5 Å². The maximum Gasteiger partial charge on any atom is 0.177 e. The van der Waals surface area contributed by atoms with Crippen LogP contribution in [0.3, 0.4) is 0 Å². The van der Waals surface area contributed by atoms with E-state index in [0.717, 1.165) is 0 Å². The molecule has 0 bridgehead atoms. The van der Waals surface area contributed by atoms with E-state index in [2.05, 4.69) is 0 Å². The molecule has 0 aromatic heterocycles. The van der Waals surface area contributed by atoms with Crippen molar-refractivity contribution in [3.05, 3.63) is 30.1 Å². The van der Waals surface area contributed by atoms with Gasteiger partial charge in [0.1, 0.15) is 12.4 Å². The first-order valence-electron chi connectivity index (χ1n) is 4.61. The van der Waals surface area contributed by atoms with E-state index in [-0.39, 0.29) is 24.8 Å². The molecule has 0 N–H and O–H groups in total. The SMILES string of the molecule is COCC(=O)CN(C)c1cccc(F)c1. The Bertz CT molecular complexity index is 341. The zero-order valence-electron chi connectivity index (χ0n) is 8.87. The van der Waals surface area contributed by atoms with Crippen molar-refractivity contribution in [3.63, 3.8) is 0 Å². The minimum absolute atomic E-state index is 0.0377. The molecule has 0 unspecified atom stereocenters. The van der Waals surface area contributed by atoms with Gasteiger partial charge in [0.2, 0.25) is 0 Å². The van der Waals surface area contributed by atoms with E-state index < -0.39 is 0 Å². The van der Waals surface area contributed by atoms with Crippen LogP contribution in [0.2, 0.25) is 0 Å². The number of ketones is 1. The van der Waals surface area contributed by atoms with E-state index in [1.807, 2.05) is 0 Å². The van der Waals surface area contributed by atoms with Crippen molar-refractivity contribution < 1.29 is 13.9 Å². The topological polar surface area (TPSA) is 29.5 Å². The molecule has 0 aliphatic rings. The standard InChI is InChI=1S/C11H14FNO2/c1-13(7-11(14)8-15-2)10-5-3-4-9(12)6-10/h3-6H,7-8H2,1-2H3. The van der Waals surface area contributed by atoms with Crippen molar-refractivity contribution in [2.24, 2.45) is 0 Å². The maximum absolute atomic E-state index is 12.9. The molecule has 0 atom stereocenters. The lowest BCUT2D eigenvalue weighted by molar-refractivity contribution is -0.121. The number of Topliss-reactive ketones (excluding diaryl/α,β-unsaturated/α-hetero) is 1. The zero-order valence-corrected chi connectivity index (χ0v) is 8.87. The largest absolute Gasteiger partial charge is 0.377 e. The van der Waals surface area contributed by atoms with Crippen LogP contribution in [0.25, 0.3) is 0 Å². The molecule has 4 heteroatoms. The second-order valence-corrected chi connectivity index (χ2v) is 3.31. The Morgan fingerprint density at radius 3 is 2.87 bits per heavy atom. The summed E-state index contributed by atoms with van der Waals surface area (Å²) in [6.45, 7) is 0.303. The van der Waals surface area contributed by atoms with Gasteiger partial charge >= 0.3 is 0 Å². The molecular formula is C11H14FNO2. The highest BCUT2D eigenvalue weighted by Crippen LogP contribution is 2.13. The van der Waals surface area contributed by atoms with Crippen molar-refractivity contribution in [2.75, 3.05) is 32.2 Å². The van der Waals surface area contributed by atoms with E-state index in [9.17, 15) is 9.18 Å². The summed E-state index contributed by atoms with van der Waals surface area (Å²) in [7, 11) is 3.21. The number of nitrogens with zero attached hydrogens (tertiary/aromatic N) is 1. The van der Waals surface area contributed by atoms with Crippen molar-refractivity contribution in [3.8, 4) is 0 Å². The van der Waals surface area contributed by atoms with Gasteiger partial charge in [-0.1, -0.05) is 6.07 Å². The van der Waals surface area contributed by atoms with Gasteiger partial charge in [-0.05, 0) is 18.2 Å². The highest BCUT2D eigenvalue weighted by atomic mass is 19.1. The highest BCUT2D eigenvalue weighted by molar-refractivity contribution is 5.84. The van der Waals surface area contributed by atoms with Gasteiger partial charge < -0.3 is 9.64 Å². The smallest absolute Gasteiger partial charge is 0.177 e. The number of anilines is 1. The Morgan fingerprint density at radius 1 is 1.53 bits per heavy atom. The van der Waals surface area contributed by atoms with Crippen molar-refractivity contribution in [1.82, 2.24) is 0 Å². The number of ether oxygens (including phenoxy) is 1. The number of benzene rings is 1. The van der Waals surface area contributed by atoms with Gasteiger partial charge in [0.15, 0.2) is 5.78 Å². The molecule has 82 valence electrons. The molecule has 0 radical (unpaired) electrons. The Hall–Kier alpha value is -1.42. The molecule has 1 aromatic carbocycles. The molecule has 3 nitrogen and oxygen atoms in total. The zero-order chi connectivity index (χ0) is 11.3. The summed E-state index contributed by atoms with van der Waals surface area (Å²) >= 11 is 0. The summed E-state index contributed by atoms with van der Waals surface area (Å²) in [6, 6.07) is 6.12. The molecule has 0 saturated heterocycles. The Kier molecular flexibility index (Phi) is 4.24. The molecule has 0 spiro atoms. The number of hydrogen-bond acceptors (Lipinski definition) is 3. The fourth-order valence-electron chi connectivity index (χ4n) is 1.28. The lowest BCUT2D eigenvalue weighted by Crippen LogP contribution is -2.27. The van der Waals surface area contributed by atoms with E-state index in [1.54, 1.807) is 24.1 Å². The van der Waals surface area contributed by atoms with Crippen LogP contribution in [-0.2, 0) is 9.53 Å². The van der Waals surface area contributed by atoms with Crippen LogP contribution in [0.1, 0.15) is 0 Å². The van der Waals surface area contributed by atoms with E-state index in [1.165, 1.54) is 19.2 Å². The van der Waals surface area contributed by atoms with E-state index >= 15 is 0 Å². The molecule has 15 heavy (non-hydrogen) atoms. The predicted octanol–water partition coefficient (Wildman–Crippen LogP) is 1.48. The van der Waals surface area contributed by atoms with Crippen LogP contribution in [0.15, 0.2) is 24.3 Å². The average molecular weight is 211 g/mol. The molecule has 0 fully saturated rings. The van der Waals surface area contributed by atoms with E-state index in [0.29, 0.717) is 5.69 Å². The second-order valence-electron chi connectivity index (χ2n) is 3.31. The third-order valence-corrected chi connectivity index (χ3v) is 1.97. The van der Waals surface area contributed by atoms with Gasteiger partial charge in [0.05, 0.1) is 6.54 Å².